The van der Waals surface area contributed by atoms with Crippen molar-refractivity contribution >= 4 is 29.0 Å². The normalized spacial score (nSPS) is 11.1. The number of hydrogen-bond acceptors (Lipinski definition) is 5. The number of ether oxygens (including phenoxy) is 1. The lowest BCUT2D eigenvalue weighted by Crippen LogP contribution is -2.21. The maximum absolute atomic E-state index is 14.0. The van der Waals surface area contributed by atoms with Crippen LogP contribution < -0.4 is 10.6 Å². The predicted molar refractivity (Wildman–Crippen MR) is 99.7 cm³/mol. The third-order valence-electron chi connectivity index (χ3n) is 3.64. The molecule has 0 aliphatic carbocycles. The molecule has 0 spiro atoms. The first-order valence-electron chi connectivity index (χ1n) is 8.54. The smallest absolute Gasteiger partial charge is 0.343 e. The largest absolute Gasteiger partial charge is 0.462 e. The van der Waals surface area contributed by atoms with Crippen LogP contribution in [0, 0.1) is 23.3 Å². The molecule has 0 aromatic heterocycles. The summed E-state index contributed by atoms with van der Waals surface area (Å²) in [5.41, 5.74) is -1.80. The first-order valence-corrected chi connectivity index (χ1v) is 8.54. The second-order valence-corrected chi connectivity index (χ2v) is 5.86. The van der Waals surface area contributed by atoms with Crippen LogP contribution >= 0.6 is 0 Å². The van der Waals surface area contributed by atoms with Gasteiger partial charge in [-0.3, -0.25) is 9.59 Å². The molecule has 30 heavy (non-hydrogen) atoms. The lowest BCUT2D eigenvalue weighted by molar-refractivity contribution is -0.138. The molecule has 0 fully saturated rings. The van der Waals surface area contributed by atoms with Crippen LogP contribution in [-0.2, 0) is 14.3 Å². The lowest BCUT2D eigenvalue weighted by atomic mass is 10.0. The average molecular weight is 424 g/mol. The van der Waals surface area contributed by atoms with Crippen molar-refractivity contribution in [3.8, 4) is 0 Å². The van der Waals surface area contributed by atoms with E-state index in [1.165, 1.54) is 32.0 Å². The van der Waals surface area contributed by atoms with E-state index < -0.39 is 46.2 Å². The highest BCUT2D eigenvalue weighted by molar-refractivity contribution is 6.24. The third-order valence-corrected chi connectivity index (χ3v) is 3.64. The Hall–Kier alpha value is -3.69. The van der Waals surface area contributed by atoms with Gasteiger partial charge in [-0.2, -0.15) is 0 Å². The minimum atomic E-state index is -1.94. The van der Waals surface area contributed by atoms with Crippen LogP contribution in [-0.4, -0.2) is 24.3 Å². The van der Waals surface area contributed by atoms with Gasteiger partial charge in [0, 0.05) is 30.6 Å². The van der Waals surface area contributed by atoms with Crippen molar-refractivity contribution in [1.82, 2.24) is 0 Å². The Bertz CT molecular complexity index is 1010. The molecule has 0 aliphatic rings. The van der Waals surface area contributed by atoms with E-state index in [2.05, 4.69) is 10.6 Å². The van der Waals surface area contributed by atoms with Gasteiger partial charge < -0.3 is 15.4 Å². The van der Waals surface area contributed by atoms with Crippen LogP contribution in [0.15, 0.2) is 42.1 Å². The highest BCUT2D eigenvalue weighted by Crippen LogP contribution is 2.23. The number of anilines is 2. The van der Waals surface area contributed by atoms with E-state index in [0.29, 0.717) is 5.69 Å². The Balaban J connectivity index is 2.46. The number of rotatable bonds is 7. The third kappa shape index (κ3) is 5.22. The molecule has 0 saturated carbocycles. The number of carbonyl (C=O) groups is 3. The molecular formula is C20H16F4N2O4. The minimum Gasteiger partial charge on any atom is -0.462 e. The van der Waals surface area contributed by atoms with Crippen LogP contribution in [0.5, 0.6) is 0 Å². The molecule has 2 aromatic rings. The van der Waals surface area contributed by atoms with Gasteiger partial charge in [0.1, 0.15) is 11.1 Å². The standard InChI is InChI=1S/C20H16F4N2O4/c1-3-30-20(29)13(9-25-11-5-4-6-12(7-11)26-10(2)27)19(28)16-17(23)14(21)8-15(22)18(16)24/h4-9,25H,3H2,1-2H3,(H,26,27). The molecule has 0 saturated heterocycles. The van der Waals surface area contributed by atoms with E-state index >= 15 is 0 Å². The zero-order valence-electron chi connectivity index (χ0n) is 15.8. The van der Waals surface area contributed by atoms with Crippen LogP contribution in [0.2, 0.25) is 0 Å². The second-order valence-electron chi connectivity index (χ2n) is 5.86. The monoisotopic (exact) mass is 424 g/mol. The molecule has 0 aliphatic heterocycles. The molecular weight excluding hydrogens is 408 g/mol. The summed E-state index contributed by atoms with van der Waals surface area (Å²) in [5, 5.41) is 5.06. The zero-order valence-corrected chi connectivity index (χ0v) is 15.8. The molecule has 10 heteroatoms. The summed E-state index contributed by atoms with van der Waals surface area (Å²) in [6.07, 6.45) is 0.787. The number of hydrogen-bond donors (Lipinski definition) is 2. The number of carbonyl (C=O) groups excluding carboxylic acids is 3. The Morgan fingerprint density at radius 1 is 1.00 bits per heavy atom. The molecule has 0 atom stereocenters. The number of esters is 1. The van der Waals surface area contributed by atoms with Gasteiger partial charge in [0.15, 0.2) is 23.3 Å². The maximum Gasteiger partial charge on any atom is 0.343 e. The molecule has 0 unspecified atom stereocenters. The number of benzene rings is 2. The van der Waals surface area contributed by atoms with Crippen molar-refractivity contribution in [2.45, 2.75) is 13.8 Å². The SMILES string of the molecule is CCOC(=O)C(=CNc1cccc(NC(C)=O)c1)C(=O)c1c(F)c(F)cc(F)c1F. The highest BCUT2D eigenvalue weighted by Gasteiger charge is 2.30. The summed E-state index contributed by atoms with van der Waals surface area (Å²) < 4.78 is 59.6. The molecule has 1 amide bonds. The fourth-order valence-electron chi connectivity index (χ4n) is 2.38. The second kappa shape index (κ2) is 9.68. The van der Waals surface area contributed by atoms with Gasteiger partial charge in [-0.1, -0.05) is 6.07 Å². The summed E-state index contributed by atoms with van der Waals surface area (Å²) >= 11 is 0. The molecule has 0 heterocycles. The summed E-state index contributed by atoms with van der Waals surface area (Å²) in [6, 6.07) is 5.98. The van der Waals surface area contributed by atoms with E-state index in [-0.39, 0.29) is 24.3 Å². The Morgan fingerprint density at radius 3 is 2.17 bits per heavy atom. The van der Waals surface area contributed by atoms with Gasteiger partial charge in [-0.15, -0.1) is 0 Å². The number of Topliss-reactive ketones (excluding diaryl/α,β-unsaturated/α-hetero) is 1. The van der Waals surface area contributed by atoms with Crippen LogP contribution in [0.25, 0.3) is 0 Å². The summed E-state index contributed by atoms with van der Waals surface area (Å²) in [4.78, 5) is 35.8. The molecule has 2 N–H and O–H groups in total. The molecule has 6 nitrogen and oxygen atoms in total. The molecule has 2 aromatic carbocycles. The van der Waals surface area contributed by atoms with Gasteiger partial charge in [0.2, 0.25) is 11.7 Å². The number of nitrogens with one attached hydrogen (secondary N) is 2. The van der Waals surface area contributed by atoms with Crippen molar-refractivity contribution in [3.63, 3.8) is 0 Å². The van der Waals surface area contributed by atoms with Gasteiger partial charge in [0.25, 0.3) is 0 Å². The highest BCUT2D eigenvalue weighted by atomic mass is 19.2. The predicted octanol–water partition coefficient (Wildman–Crippen LogP) is 3.94. The fraction of sp³-hybridized carbons (Fsp3) is 0.150. The van der Waals surface area contributed by atoms with Gasteiger partial charge in [0.05, 0.1) is 6.61 Å². The van der Waals surface area contributed by atoms with Gasteiger partial charge in [-0.25, -0.2) is 22.4 Å². The first-order chi connectivity index (χ1) is 14.1. The Kier molecular flexibility index (Phi) is 7.29. The number of ketones is 1. The van der Waals surface area contributed by atoms with E-state index in [4.69, 9.17) is 4.74 Å². The fourth-order valence-corrected chi connectivity index (χ4v) is 2.38. The average Bonchev–Trinajstić information content (AvgIpc) is 2.67. The Labute approximate surface area is 168 Å². The van der Waals surface area contributed by atoms with Crippen molar-refractivity contribution in [2.24, 2.45) is 0 Å². The summed E-state index contributed by atoms with van der Waals surface area (Å²) in [5.74, 6) is -10.7. The van der Waals surface area contributed by atoms with E-state index in [0.717, 1.165) is 6.20 Å². The maximum atomic E-state index is 14.0. The molecule has 158 valence electrons. The Morgan fingerprint density at radius 2 is 1.60 bits per heavy atom. The van der Waals surface area contributed by atoms with Gasteiger partial charge >= 0.3 is 5.97 Å². The van der Waals surface area contributed by atoms with Gasteiger partial charge in [-0.05, 0) is 25.1 Å². The minimum absolute atomic E-state index is 0.0546. The van der Waals surface area contributed by atoms with Crippen molar-refractivity contribution in [3.05, 3.63) is 70.9 Å². The van der Waals surface area contributed by atoms with Crippen molar-refractivity contribution in [2.75, 3.05) is 17.2 Å². The lowest BCUT2D eigenvalue weighted by Gasteiger charge is -2.10. The van der Waals surface area contributed by atoms with Crippen LogP contribution in [0.1, 0.15) is 24.2 Å². The summed E-state index contributed by atoms with van der Waals surface area (Å²) in [6.45, 7) is 2.54. The zero-order chi connectivity index (χ0) is 22.4. The number of amides is 1. The van der Waals surface area contributed by atoms with E-state index in [9.17, 15) is 31.9 Å². The van der Waals surface area contributed by atoms with Crippen LogP contribution in [0.4, 0.5) is 28.9 Å². The molecule has 2 rings (SSSR count). The van der Waals surface area contributed by atoms with Crippen molar-refractivity contribution in [1.29, 1.82) is 0 Å². The van der Waals surface area contributed by atoms with Crippen molar-refractivity contribution < 1.29 is 36.7 Å². The summed E-state index contributed by atoms with van der Waals surface area (Å²) in [7, 11) is 0. The van der Waals surface area contributed by atoms with Crippen LogP contribution in [0.3, 0.4) is 0 Å². The molecule has 0 radical (unpaired) electrons. The quantitative estimate of drug-likeness (QED) is 0.134. The topological polar surface area (TPSA) is 84.5 Å². The van der Waals surface area contributed by atoms with E-state index in [1.54, 1.807) is 6.07 Å². The molecule has 0 bridgehead atoms. The first kappa shape index (κ1) is 22.6. The number of halogens is 4. The van der Waals surface area contributed by atoms with E-state index in [1.807, 2.05) is 0 Å².